The Morgan fingerprint density at radius 1 is 1.45 bits per heavy atom. The summed E-state index contributed by atoms with van der Waals surface area (Å²) in [6.45, 7) is 4.84. The van der Waals surface area contributed by atoms with E-state index in [1.807, 2.05) is 25.1 Å². The summed E-state index contributed by atoms with van der Waals surface area (Å²) in [6, 6.07) is 5.84. The molecule has 0 aliphatic carbocycles. The number of hydrogen-bond acceptors (Lipinski definition) is 3. The molecule has 1 rings (SSSR count). The summed E-state index contributed by atoms with van der Waals surface area (Å²) in [5, 5.41) is 0. The van der Waals surface area contributed by atoms with Gasteiger partial charge in [-0.3, -0.25) is 4.79 Å². The Balaban J connectivity index is 3.35. The molecular formula is C15H23ClN2O2. The summed E-state index contributed by atoms with van der Waals surface area (Å²) in [5.74, 6) is -0.192. The molecule has 5 heteroatoms. The van der Waals surface area contributed by atoms with Gasteiger partial charge < -0.3 is 15.4 Å². The van der Waals surface area contributed by atoms with Crippen molar-refractivity contribution in [1.82, 2.24) is 0 Å². The number of amides is 1. The Morgan fingerprint density at radius 3 is 2.60 bits per heavy atom. The lowest BCUT2D eigenvalue weighted by atomic mass is 10.0. The van der Waals surface area contributed by atoms with Crippen LogP contribution in [0.2, 0.25) is 0 Å². The smallest absolute Gasteiger partial charge is 0.242 e. The maximum absolute atomic E-state index is 12.3. The maximum atomic E-state index is 12.3. The Kier molecular flexibility index (Phi) is 6.99. The first-order valence-electron chi connectivity index (χ1n) is 6.78. The van der Waals surface area contributed by atoms with E-state index < -0.39 is 0 Å². The van der Waals surface area contributed by atoms with Gasteiger partial charge >= 0.3 is 0 Å². The zero-order chi connectivity index (χ0) is 15.1. The molecule has 0 aliphatic rings. The van der Waals surface area contributed by atoms with Crippen LogP contribution in [0.1, 0.15) is 25.0 Å². The van der Waals surface area contributed by atoms with E-state index >= 15 is 0 Å². The van der Waals surface area contributed by atoms with Crippen molar-refractivity contribution in [3.05, 3.63) is 29.3 Å². The average Bonchev–Trinajstić information content (AvgIpc) is 2.47. The molecule has 0 fully saturated rings. The Morgan fingerprint density at radius 2 is 2.10 bits per heavy atom. The van der Waals surface area contributed by atoms with E-state index in [-0.39, 0.29) is 17.8 Å². The van der Waals surface area contributed by atoms with Crippen LogP contribution >= 0.6 is 11.6 Å². The molecule has 1 atom stereocenters. The van der Waals surface area contributed by atoms with Crippen molar-refractivity contribution in [2.45, 2.75) is 32.9 Å². The lowest BCUT2D eigenvalue weighted by Gasteiger charge is -2.32. The van der Waals surface area contributed by atoms with E-state index in [0.717, 1.165) is 23.2 Å². The van der Waals surface area contributed by atoms with Crippen LogP contribution < -0.4 is 10.6 Å². The van der Waals surface area contributed by atoms with Crippen molar-refractivity contribution in [3.8, 4) is 0 Å². The molecule has 1 aromatic carbocycles. The number of alkyl halides is 1. The van der Waals surface area contributed by atoms with Gasteiger partial charge in [0.25, 0.3) is 0 Å². The minimum atomic E-state index is -0.133. The number of carbonyl (C=O) groups excluding carboxylic acids is 1. The van der Waals surface area contributed by atoms with Crippen LogP contribution in [0.5, 0.6) is 0 Å². The SMILES string of the molecule is CCc1cccc(CN)c1N(C(=O)CCl)C(C)COC. The van der Waals surface area contributed by atoms with Gasteiger partial charge in [0.15, 0.2) is 0 Å². The Labute approximate surface area is 125 Å². The number of benzene rings is 1. The second-order valence-electron chi connectivity index (χ2n) is 4.68. The predicted molar refractivity (Wildman–Crippen MR) is 83.3 cm³/mol. The molecule has 2 N–H and O–H groups in total. The predicted octanol–water partition coefficient (Wildman–Crippen LogP) is 2.31. The van der Waals surface area contributed by atoms with Crippen LogP contribution in [0.4, 0.5) is 5.69 Å². The second-order valence-corrected chi connectivity index (χ2v) is 4.95. The first-order chi connectivity index (χ1) is 9.60. The number of rotatable bonds is 7. The highest BCUT2D eigenvalue weighted by atomic mass is 35.5. The van der Waals surface area contributed by atoms with E-state index in [0.29, 0.717) is 13.2 Å². The van der Waals surface area contributed by atoms with E-state index in [1.54, 1.807) is 12.0 Å². The van der Waals surface area contributed by atoms with Crippen LogP contribution in [-0.2, 0) is 22.5 Å². The number of nitrogens with two attached hydrogens (primary N) is 1. The van der Waals surface area contributed by atoms with E-state index in [2.05, 4.69) is 6.92 Å². The van der Waals surface area contributed by atoms with Crippen molar-refractivity contribution in [2.75, 3.05) is 24.5 Å². The molecule has 0 saturated heterocycles. The third-order valence-corrected chi connectivity index (χ3v) is 3.51. The van der Waals surface area contributed by atoms with Crippen LogP contribution in [0.25, 0.3) is 0 Å². The van der Waals surface area contributed by atoms with Crippen molar-refractivity contribution >= 4 is 23.2 Å². The zero-order valence-corrected chi connectivity index (χ0v) is 13.1. The van der Waals surface area contributed by atoms with Crippen molar-refractivity contribution in [3.63, 3.8) is 0 Å². The monoisotopic (exact) mass is 298 g/mol. The first-order valence-corrected chi connectivity index (χ1v) is 7.31. The summed E-state index contributed by atoms with van der Waals surface area (Å²) in [5.41, 5.74) is 8.75. The van der Waals surface area contributed by atoms with E-state index in [4.69, 9.17) is 22.1 Å². The van der Waals surface area contributed by atoms with Crippen LogP contribution in [0.15, 0.2) is 18.2 Å². The Bertz CT molecular complexity index is 429. The van der Waals surface area contributed by atoms with E-state index in [1.165, 1.54) is 0 Å². The van der Waals surface area contributed by atoms with Crippen LogP contribution in [0, 0.1) is 0 Å². The molecule has 0 spiro atoms. The lowest BCUT2D eigenvalue weighted by Crippen LogP contribution is -2.43. The highest BCUT2D eigenvalue weighted by molar-refractivity contribution is 6.29. The number of anilines is 1. The van der Waals surface area contributed by atoms with Crippen LogP contribution in [0.3, 0.4) is 0 Å². The van der Waals surface area contributed by atoms with E-state index in [9.17, 15) is 4.79 Å². The number of ether oxygens (including phenoxy) is 1. The normalized spacial score (nSPS) is 12.2. The highest BCUT2D eigenvalue weighted by Crippen LogP contribution is 2.28. The fraction of sp³-hybridized carbons (Fsp3) is 0.533. The summed E-state index contributed by atoms with van der Waals surface area (Å²) < 4.78 is 5.18. The minimum Gasteiger partial charge on any atom is -0.383 e. The summed E-state index contributed by atoms with van der Waals surface area (Å²) in [4.78, 5) is 14.0. The van der Waals surface area contributed by atoms with Crippen molar-refractivity contribution in [1.29, 1.82) is 0 Å². The summed E-state index contributed by atoms with van der Waals surface area (Å²) >= 11 is 5.77. The molecule has 0 heterocycles. The second kappa shape index (κ2) is 8.25. The Hall–Kier alpha value is -1.10. The molecule has 1 unspecified atom stereocenters. The third-order valence-electron chi connectivity index (χ3n) is 3.28. The fourth-order valence-corrected chi connectivity index (χ4v) is 2.50. The molecule has 112 valence electrons. The van der Waals surface area contributed by atoms with Gasteiger partial charge in [-0.05, 0) is 24.5 Å². The quantitative estimate of drug-likeness (QED) is 0.786. The fourth-order valence-electron chi connectivity index (χ4n) is 2.37. The molecule has 4 nitrogen and oxygen atoms in total. The topological polar surface area (TPSA) is 55.6 Å². The number of methoxy groups -OCH3 is 1. The van der Waals surface area contributed by atoms with Gasteiger partial charge in [0.1, 0.15) is 5.88 Å². The van der Waals surface area contributed by atoms with Crippen LogP contribution in [-0.4, -0.2) is 31.5 Å². The molecule has 0 radical (unpaired) electrons. The van der Waals surface area contributed by atoms with Crippen molar-refractivity contribution in [2.24, 2.45) is 5.73 Å². The van der Waals surface area contributed by atoms with Gasteiger partial charge in [-0.25, -0.2) is 0 Å². The number of para-hydroxylation sites is 1. The number of nitrogens with zero attached hydrogens (tertiary/aromatic N) is 1. The van der Waals surface area contributed by atoms with Gasteiger partial charge in [-0.15, -0.1) is 11.6 Å². The molecule has 1 aromatic rings. The average molecular weight is 299 g/mol. The van der Waals surface area contributed by atoms with Gasteiger partial charge in [0.05, 0.1) is 18.3 Å². The number of carbonyl (C=O) groups is 1. The molecule has 0 bridgehead atoms. The standard InChI is InChI=1S/C15H23ClN2O2/c1-4-12-6-5-7-13(9-17)15(12)18(14(19)8-16)11(2)10-20-3/h5-7,11H,4,8-10,17H2,1-3H3. The molecule has 1 amide bonds. The summed E-state index contributed by atoms with van der Waals surface area (Å²) in [6.07, 6.45) is 0.828. The lowest BCUT2D eigenvalue weighted by molar-refractivity contribution is -0.116. The van der Waals surface area contributed by atoms with Gasteiger partial charge in [-0.1, -0.05) is 25.1 Å². The van der Waals surface area contributed by atoms with Gasteiger partial charge in [0, 0.05) is 13.7 Å². The number of hydrogen-bond donors (Lipinski definition) is 1. The highest BCUT2D eigenvalue weighted by Gasteiger charge is 2.25. The molecule has 0 saturated carbocycles. The molecule has 20 heavy (non-hydrogen) atoms. The number of aryl methyl sites for hydroxylation is 1. The van der Waals surface area contributed by atoms with Gasteiger partial charge in [-0.2, -0.15) is 0 Å². The minimum absolute atomic E-state index is 0.0594. The molecular weight excluding hydrogens is 276 g/mol. The summed E-state index contributed by atoms with van der Waals surface area (Å²) in [7, 11) is 1.62. The van der Waals surface area contributed by atoms with Gasteiger partial charge in [0.2, 0.25) is 5.91 Å². The third kappa shape index (κ3) is 3.72. The largest absolute Gasteiger partial charge is 0.383 e. The number of halogens is 1. The molecule has 0 aliphatic heterocycles. The maximum Gasteiger partial charge on any atom is 0.242 e. The first kappa shape index (κ1) is 17.0. The molecule has 0 aromatic heterocycles. The van der Waals surface area contributed by atoms with Crippen molar-refractivity contribution < 1.29 is 9.53 Å². The zero-order valence-electron chi connectivity index (χ0n) is 12.4.